The zero-order valence-electron chi connectivity index (χ0n) is 17.2. The molecule has 0 unspecified atom stereocenters. The average molecular weight is 392 g/mol. The van der Waals surface area contributed by atoms with Crippen LogP contribution < -0.4 is 15.4 Å². The van der Waals surface area contributed by atoms with Crippen LogP contribution in [0.5, 0.6) is 5.75 Å². The summed E-state index contributed by atoms with van der Waals surface area (Å²) in [7, 11) is 1.79. The molecule has 4 rings (SSSR count). The quantitative estimate of drug-likeness (QED) is 0.457. The SMILES string of the molecule is CN=C(NCCc1cn2cccc(C)c2n1)NCc1ccccc1OCC1CC1. The van der Waals surface area contributed by atoms with Crippen molar-refractivity contribution in [2.45, 2.75) is 32.7 Å². The summed E-state index contributed by atoms with van der Waals surface area (Å²) in [5.41, 5.74) is 4.42. The molecule has 2 heterocycles. The second kappa shape index (κ2) is 8.99. The maximum atomic E-state index is 5.99. The first-order chi connectivity index (χ1) is 14.2. The van der Waals surface area contributed by atoms with Crippen molar-refractivity contribution in [2.75, 3.05) is 20.2 Å². The van der Waals surface area contributed by atoms with Crippen molar-refractivity contribution in [1.82, 2.24) is 20.0 Å². The molecule has 6 heteroatoms. The van der Waals surface area contributed by atoms with Crippen LogP contribution in [0.1, 0.15) is 29.7 Å². The number of ether oxygens (including phenoxy) is 1. The van der Waals surface area contributed by atoms with Gasteiger partial charge in [0.15, 0.2) is 5.96 Å². The highest BCUT2D eigenvalue weighted by atomic mass is 16.5. The Bertz CT molecular complexity index is 990. The van der Waals surface area contributed by atoms with Crippen LogP contribution in [0.4, 0.5) is 0 Å². The largest absolute Gasteiger partial charge is 0.493 e. The number of hydrogen-bond donors (Lipinski definition) is 2. The Hall–Kier alpha value is -3.02. The lowest BCUT2D eigenvalue weighted by molar-refractivity contribution is 0.296. The molecule has 1 aliphatic rings. The number of aryl methyl sites for hydroxylation is 1. The average Bonchev–Trinajstić information content (AvgIpc) is 3.47. The van der Waals surface area contributed by atoms with Crippen molar-refractivity contribution in [2.24, 2.45) is 10.9 Å². The van der Waals surface area contributed by atoms with E-state index < -0.39 is 0 Å². The molecule has 0 spiro atoms. The maximum absolute atomic E-state index is 5.99. The van der Waals surface area contributed by atoms with Gasteiger partial charge in [0.05, 0.1) is 12.3 Å². The minimum atomic E-state index is 0.675. The summed E-state index contributed by atoms with van der Waals surface area (Å²) in [6, 6.07) is 12.3. The fraction of sp³-hybridized carbons (Fsp3) is 0.391. The standard InChI is InChI=1S/C23H29N5O/c1-17-6-5-13-28-15-20(27-22(17)28)11-12-25-23(24-2)26-14-19-7-3-4-8-21(19)29-16-18-9-10-18/h3-8,13,15,18H,9-12,14,16H2,1-2H3,(H2,24,25,26). The van der Waals surface area contributed by atoms with Crippen LogP contribution in [0.2, 0.25) is 0 Å². The Labute approximate surface area is 172 Å². The van der Waals surface area contributed by atoms with Crippen molar-refractivity contribution in [3.8, 4) is 5.75 Å². The minimum Gasteiger partial charge on any atom is -0.493 e. The summed E-state index contributed by atoms with van der Waals surface area (Å²) in [5.74, 6) is 2.48. The number of nitrogens with one attached hydrogen (secondary N) is 2. The van der Waals surface area contributed by atoms with Crippen molar-refractivity contribution in [3.63, 3.8) is 0 Å². The van der Waals surface area contributed by atoms with Crippen LogP contribution in [0.15, 0.2) is 53.8 Å². The molecule has 152 valence electrons. The number of guanidine groups is 1. The van der Waals surface area contributed by atoms with E-state index in [4.69, 9.17) is 9.72 Å². The van der Waals surface area contributed by atoms with Gasteiger partial charge in [0.25, 0.3) is 0 Å². The first kappa shape index (κ1) is 19.3. The van der Waals surface area contributed by atoms with Crippen molar-refractivity contribution in [1.29, 1.82) is 0 Å². The topological polar surface area (TPSA) is 63.0 Å². The number of benzene rings is 1. The molecule has 0 radical (unpaired) electrons. The lowest BCUT2D eigenvalue weighted by Crippen LogP contribution is -2.38. The van der Waals surface area contributed by atoms with Gasteiger partial charge in [-0.2, -0.15) is 0 Å². The van der Waals surface area contributed by atoms with Gasteiger partial charge in [-0.25, -0.2) is 4.98 Å². The summed E-state index contributed by atoms with van der Waals surface area (Å²) in [6.07, 6.45) is 7.55. The van der Waals surface area contributed by atoms with E-state index in [9.17, 15) is 0 Å². The van der Waals surface area contributed by atoms with Crippen LogP contribution >= 0.6 is 0 Å². The number of pyridine rings is 1. The number of para-hydroxylation sites is 1. The molecule has 3 aromatic rings. The number of aliphatic imine (C=N–C) groups is 1. The number of hydrogen-bond acceptors (Lipinski definition) is 3. The van der Waals surface area contributed by atoms with E-state index in [1.165, 1.54) is 18.4 Å². The highest BCUT2D eigenvalue weighted by Crippen LogP contribution is 2.30. The molecule has 6 nitrogen and oxygen atoms in total. The smallest absolute Gasteiger partial charge is 0.191 e. The second-order valence-electron chi connectivity index (χ2n) is 7.62. The summed E-state index contributed by atoms with van der Waals surface area (Å²) in [4.78, 5) is 9.06. The van der Waals surface area contributed by atoms with E-state index in [2.05, 4.69) is 45.3 Å². The highest BCUT2D eigenvalue weighted by molar-refractivity contribution is 5.79. The Kier molecular flexibility index (Phi) is 5.98. The normalized spacial score (nSPS) is 14.2. The highest BCUT2D eigenvalue weighted by Gasteiger charge is 2.22. The van der Waals surface area contributed by atoms with Crippen LogP contribution in [0, 0.1) is 12.8 Å². The lowest BCUT2D eigenvalue weighted by atomic mass is 10.2. The van der Waals surface area contributed by atoms with Crippen molar-refractivity contribution < 1.29 is 4.74 Å². The predicted molar refractivity (Wildman–Crippen MR) is 116 cm³/mol. The number of aromatic nitrogens is 2. The molecule has 1 aliphatic carbocycles. The van der Waals surface area contributed by atoms with Gasteiger partial charge >= 0.3 is 0 Å². The molecular weight excluding hydrogens is 362 g/mol. The van der Waals surface area contributed by atoms with Gasteiger partial charge in [0, 0.05) is 44.5 Å². The van der Waals surface area contributed by atoms with Gasteiger partial charge in [-0.05, 0) is 43.4 Å². The fourth-order valence-electron chi connectivity index (χ4n) is 3.32. The zero-order valence-corrected chi connectivity index (χ0v) is 17.2. The molecule has 29 heavy (non-hydrogen) atoms. The lowest BCUT2D eigenvalue weighted by Gasteiger charge is -2.14. The Balaban J connectivity index is 1.28. The molecular formula is C23H29N5O. The number of nitrogens with zero attached hydrogens (tertiary/aromatic N) is 3. The second-order valence-corrected chi connectivity index (χ2v) is 7.62. The minimum absolute atomic E-state index is 0.675. The molecule has 0 aliphatic heterocycles. The predicted octanol–water partition coefficient (Wildman–Crippen LogP) is 3.34. The molecule has 0 saturated heterocycles. The van der Waals surface area contributed by atoms with Crippen LogP contribution in [-0.4, -0.2) is 35.5 Å². The van der Waals surface area contributed by atoms with Gasteiger partial charge in [-0.3, -0.25) is 4.99 Å². The summed E-state index contributed by atoms with van der Waals surface area (Å²) >= 11 is 0. The third kappa shape index (κ3) is 5.08. The Morgan fingerprint density at radius 3 is 2.86 bits per heavy atom. The van der Waals surface area contributed by atoms with Crippen LogP contribution in [-0.2, 0) is 13.0 Å². The van der Waals surface area contributed by atoms with Gasteiger partial charge in [-0.1, -0.05) is 24.3 Å². The third-order valence-corrected chi connectivity index (χ3v) is 5.22. The van der Waals surface area contributed by atoms with Gasteiger partial charge in [0.2, 0.25) is 0 Å². The maximum Gasteiger partial charge on any atom is 0.191 e. The Morgan fingerprint density at radius 1 is 1.21 bits per heavy atom. The van der Waals surface area contributed by atoms with Gasteiger partial charge < -0.3 is 19.8 Å². The van der Waals surface area contributed by atoms with E-state index in [1.807, 2.05) is 30.5 Å². The third-order valence-electron chi connectivity index (χ3n) is 5.22. The molecule has 2 aromatic heterocycles. The summed E-state index contributed by atoms with van der Waals surface area (Å²) in [6.45, 7) is 4.35. The van der Waals surface area contributed by atoms with E-state index >= 15 is 0 Å². The van der Waals surface area contributed by atoms with E-state index in [-0.39, 0.29) is 0 Å². The van der Waals surface area contributed by atoms with Gasteiger partial charge in [-0.15, -0.1) is 0 Å². The van der Waals surface area contributed by atoms with Gasteiger partial charge in [0.1, 0.15) is 11.4 Å². The summed E-state index contributed by atoms with van der Waals surface area (Å²) in [5, 5.41) is 6.76. The summed E-state index contributed by atoms with van der Waals surface area (Å²) < 4.78 is 8.07. The van der Waals surface area contributed by atoms with Crippen LogP contribution in [0.25, 0.3) is 5.65 Å². The van der Waals surface area contributed by atoms with Crippen molar-refractivity contribution >= 4 is 11.6 Å². The van der Waals surface area contributed by atoms with E-state index in [0.29, 0.717) is 6.54 Å². The number of rotatable bonds is 8. The number of fused-ring (bicyclic) bond motifs is 1. The first-order valence-electron chi connectivity index (χ1n) is 10.3. The molecule has 1 aromatic carbocycles. The fourth-order valence-corrected chi connectivity index (χ4v) is 3.32. The Morgan fingerprint density at radius 2 is 2.07 bits per heavy atom. The first-order valence-corrected chi connectivity index (χ1v) is 10.3. The van der Waals surface area contributed by atoms with Crippen LogP contribution in [0.3, 0.4) is 0 Å². The molecule has 1 saturated carbocycles. The van der Waals surface area contributed by atoms with Crippen molar-refractivity contribution in [3.05, 3.63) is 65.6 Å². The van der Waals surface area contributed by atoms with E-state index in [1.54, 1.807) is 7.05 Å². The molecule has 2 N–H and O–H groups in total. The molecule has 0 bridgehead atoms. The molecule has 0 atom stereocenters. The van der Waals surface area contributed by atoms with E-state index in [0.717, 1.165) is 54.1 Å². The molecule has 1 fully saturated rings. The molecule has 0 amide bonds. The monoisotopic (exact) mass is 391 g/mol. The number of imidazole rings is 1. The zero-order chi connectivity index (χ0) is 20.1.